The molecule has 2 N–H and O–H groups in total. The van der Waals surface area contributed by atoms with E-state index >= 15 is 0 Å². The van der Waals surface area contributed by atoms with Crippen LogP contribution >= 0.6 is 0 Å². The molecule has 10 nitrogen and oxygen atoms in total. The second-order valence-corrected chi connectivity index (χ2v) is 8.37. The number of anilines is 1. The van der Waals surface area contributed by atoms with E-state index in [4.69, 9.17) is 13.9 Å². The predicted molar refractivity (Wildman–Crippen MR) is 129 cm³/mol. The molecule has 1 saturated heterocycles. The number of para-hydroxylation sites is 1. The number of amides is 3. The maximum absolute atomic E-state index is 13.2. The van der Waals surface area contributed by atoms with Crippen molar-refractivity contribution >= 4 is 35.5 Å². The van der Waals surface area contributed by atoms with Gasteiger partial charge in [-0.1, -0.05) is 18.2 Å². The van der Waals surface area contributed by atoms with E-state index in [9.17, 15) is 19.2 Å². The van der Waals surface area contributed by atoms with E-state index in [0.29, 0.717) is 36.1 Å². The first kappa shape index (κ1) is 24.9. The highest BCUT2D eigenvalue weighted by Gasteiger charge is 2.38. The minimum atomic E-state index is -0.822. The van der Waals surface area contributed by atoms with Crippen LogP contribution in [0.4, 0.5) is 5.69 Å². The van der Waals surface area contributed by atoms with Crippen LogP contribution in [0.3, 0.4) is 0 Å². The maximum atomic E-state index is 13.2. The number of hydrogen-bond acceptors (Lipinski definition) is 7. The van der Waals surface area contributed by atoms with Crippen LogP contribution < -0.4 is 10.6 Å². The molecule has 10 heteroatoms. The van der Waals surface area contributed by atoms with Gasteiger partial charge in [-0.05, 0) is 50.1 Å². The third-order valence-corrected chi connectivity index (χ3v) is 5.94. The molecule has 36 heavy (non-hydrogen) atoms. The Balaban J connectivity index is 1.43. The summed E-state index contributed by atoms with van der Waals surface area (Å²) in [5.74, 6) is -1.91. The van der Waals surface area contributed by atoms with Gasteiger partial charge in [0.05, 0.1) is 37.4 Å². The number of rotatable bonds is 7. The summed E-state index contributed by atoms with van der Waals surface area (Å²) in [5, 5.41) is 4.99. The van der Waals surface area contributed by atoms with Crippen molar-refractivity contribution in [3.8, 4) is 0 Å². The molecule has 0 radical (unpaired) electrons. The van der Waals surface area contributed by atoms with Gasteiger partial charge in [-0.3, -0.25) is 14.4 Å². The molecule has 0 aliphatic carbocycles. The summed E-state index contributed by atoms with van der Waals surface area (Å²) in [7, 11) is 1.26. The molecular weight excluding hydrogens is 466 g/mol. The molecule has 1 aromatic heterocycles. The Kier molecular flexibility index (Phi) is 7.65. The van der Waals surface area contributed by atoms with Crippen molar-refractivity contribution in [2.24, 2.45) is 0 Å². The van der Waals surface area contributed by atoms with E-state index in [0.717, 1.165) is 12.8 Å². The number of methoxy groups -OCH3 is 1. The first-order valence-electron chi connectivity index (χ1n) is 11.5. The van der Waals surface area contributed by atoms with Gasteiger partial charge in [0.2, 0.25) is 0 Å². The number of esters is 1. The van der Waals surface area contributed by atoms with Gasteiger partial charge in [-0.2, -0.15) is 0 Å². The van der Waals surface area contributed by atoms with E-state index in [-0.39, 0.29) is 29.7 Å². The smallest absolute Gasteiger partial charge is 0.340 e. The number of benzene rings is 1. The molecule has 3 amide bonds. The number of furan rings is 1. The minimum Gasteiger partial charge on any atom is -0.465 e. The Morgan fingerprint density at radius 3 is 2.61 bits per heavy atom. The lowest BCUT2D eigenvalue weighted by molar-refractivity contribution is -0.136. The monoisotopic (exact) mass is 493 g/mol. The van der Waals surface area contributed by atoms with Gasteiger partial charge >= 0.3 is 17.8 Å². The van der Waals surface area contributed by atoms with Gasteiger partial charge in [0.15, 0.2) is 0 Å². The molecular formula is C26H27N3O7. The molecule has 0 saturated carbocycles. The molecule has 2 aromatic rings. The van der Waals surface area contributed by atoms with Crippen molar-refractivity contribution in [2.45, 2.75) is 32.4 Å². The number of carbonyl (C=O) groups is 4. The Labute approximate surface area is 207 Å². The number of nitrogens with one attached hydrogen (secondary N) is 2. The number of nitrogens with zero attached hydrogens (tertiary/aromatic N) is 1. The number of allylic oxidation sites excluding steroid dienone is 1. The van der Waals surface area contributed by atoms with E-state index in [1.807, 2.05) is 0 Å². The summed E-state index contributed by atoms with van der Waals surface area (Å²) in [6.45, 7) is 2.66. The lowest BCUT2D eigenvalue weighted by atomic mass is 10.1. The zero-order valence-corrected chi connectivity index (χ0v) is 20.0. The molecule has 1 atom stereocenters. The maximum Gasteiger partial charge on any atom is 0.340 e. The largest absolute Gasteiger partial charge is 0.465 e. The van der Waals surface area contributed by atoms with Crippen LogP contribution in [-0.2, 0) is 35.2 Å². The Morgan fingerprint density at radius 1 is 1.14 bits per heavy atom. The zero-order valence-electron chi connectivity index (χ0n) is 20.0. The lowest BCUT2D eigenvalue weighted by Crippen LogP contribution is -2.34. The fourth-order valence-corrected chi connectivity index (χ4v) is 4.11. The van der Waals surface area contributed by atoms with Crippen molar-refractivity contribution in [1.82, 2.24) is 10.2 Å². The first-order chi connectivity index (χ1) is 17.4. The second-order valence-electron chi connectivity index (χ2n) is 8.37. The van der Waals surface area contributed by atoms with Crippen LogP contribution in [-0.4, -0.2) is 55.0 Å². The standard InChI is InChI=1S/C26H27N3O7/c1-16-22(26(33)34-2)21(25(32)29(16)15-20-9-6-12-35-20)13-18-10-11-19(36-18)14-27-23(30)24(31)28-17-7-4-3-5-8-17/h3-5,7-8,10-11,13,20H,6,9,12,14-15H2,1-2H3,(H,27,30)(H,28,31)/b21-13+/t20-/m1/s1. The molecule has 2 aliphatic heterocycles. The summed E-state index contributed by atoms with van der Waals surface area (Å²) in [5.41, 5.74) is 1.33. The Morgan fingerprint density at radius 2 is 1.92 bits per heavy atom. The quantitative estimate of drug-likeness (QED) is 0.344. The van der Waals surface area contributed by atoms with Crippen molar-refractivity contribution in [1.29, 1.82) is 0 Å². The van der Waals surface area contributed by atoms with Crippen LogP contribution in [0, 0.1) is 0 Å². The fraction of sp³-hybridized carbons (Fsp3) is 0.308. The summed E-state index contributed by atoms with van der Waals surface area (Å²) in [4.78, 5) is 51.4. The normalized spacial score (nSPS) is 18.6. The molecule has 4 rings (SSSR count). The van der Waals surface area contributed by atoms with Gasteiger partial charge in [-0.25, -0.2) is 4.79 Å². The first-order valence-corrected chi connectivity index (χ1v) is 11.5. The van der Waals surface area contributed by atoms with Gasteiger partial charge in [0.25, 0.3) is 5.91 Å². The van der Waals surface area contributed by atoms with Crippen LogP contribution in [0.1, 0.15) is 31.3 Å². The third kappa shape index (κ3) is 5.55. The highest BCUT2D eigenvalue weighted by atomic mass is 16.5. The third-order valence-electron chi connectivity index (χ3n) is 5.94. The van der Waals surface area contributed by atoms with Gasteiger partial charge in [0.1, 0.15) is 11.5 Å². The van der Waals surface area contributed by atoms with Crippen molar-refractivity contribution in [3.05, 3.63) is 70.8 Å². The predicted octanol–water partition coefficient (Wildman–Crippen LogP) is 2.39. The van der Waals surface area contributed by atoms with E-state index in [2.05, 4.69) is 10.6 Å². The SMILES string of the molecule is COC(=O)C1=C(C)N(C[C@H]2CCCO2)C(=O)/C1=C/c1ccc(CNC(=O)C(=O)Nc2ccccc2)o1. The molecule has 2 aliphatic rings. The summed E-state index contributed by atoms with van der Waals surface area (Å²) in [6.07, 6.45) is 3.17. The van der Waals surface area contributed by atoms with Gasteiger partial charge in [-0.15, -0.1) is 0 Å². The van der Waals surface area contributed by atoms with Crippen molar-refractivity contribution in [3.63, 3.8) is 0 Å². The summed E-state index contributed by atoms with van der Waals surface area (Å²) in [6, 6.07) is 11.8. The summed E-state index contributed by atoms with van der Waals surface area (Å²) < 4.78 is 16.3. The average Bonchev–Trinajstić information content (AvgIpc) is 3.61. The van der Waals surface area contributed by atoms with Crippen LogP contribution in [0.5, 0.6) is 0 Å². The van der Waals surface area contributed by atoms with E-state index in [1.165, 1.54) is 18.1 Å². The molecule has 0 bridgehead atoms. The molecule has 188 valence electrons. The number of ether oxygens (including phenoxy) is 2. The lowest BCUT2D eigenvalue weighted by Gasteiger charge is -2.21. The van der Waals surface area contributed by atoms with Crippen molar-refractivity contribution in [2.75, 3.05) is 25.6 Å². The molecule has 1 aromatic carbocycles. The molecule has 0 unspecified atom stereocenters. The molecule has 3 heterocycles. The van der Waals surface area contributed by atoms with E-state index in [1.54, 1.807) is 49.4 Å². The Bertz CT molecular complexity index is 1220. The topological polar surface area (TPSA) is 127 Å². The molecule has 1 fully saturated rings. The number of hydrogen-bond donors (Lipinski definition) is 2. The molecule has 0 spiro atoms. The summed E-state index contributed by atoms with van der Waals surface area (Å²) >= 11 is 0. The number of carbonyl (C=O) groups excluding carboxylic acids is 4. The fourth-order valence-electron chi connectivity index (χ4n) is 4.11. The highest BCUT2D eigenvalue weighted by Crippen LogP contribution is 2.33. The second kappa shape index (κ2) is 11.0. The van der Waals surface area contributed by atoms with Crippen LogP contribution in [0.2, 0.25) is 0 Å². The average molecular weight is 494 g/mol. The van der Waals surface area contributed by atoms with Crippen molar-refractivity contribution < 1.29 is 33.1 Å². The zero-order chi connectivity index (χ0) is 25.7. The highest BCUT2D eigenvalue weighted by molar-refractivity contribution is 6.39. The Hall–Kier alpha value is -4.18. The van der Waals surface area contributed by atoms with Gasteiger partial charge < -0.3 is 29.4 Å². The van der Waals surface area contributed by atoms with Gasteiger partial charge in [0, 0.05) is 18.0 Å². The minimum absolute atomic E-state index is 0.0397. The van der Waals surface area contributed by atoms with E-state index < -0.39 is 17.8 Å². The van der Waals surface area contributed by atoms with Crippen LogP contribution in [0.15, 0.2) is 63.7 Å². The van der Waals surface area contributed by atoms with Crippen LogP contribution in [0.25, 0.3) is 6.08 Å².